The summed E-state index contributed by atoms with van der Waals surface area (Å²) in [5.74, 6) is 0.349. The number of aromatic nitrogens is 2. The molecule has 0 saturated heterocycles. The van der Waals surface area contributed by atoms with Crippen LogP contribution in [0.4, 0.5) is 10.1 Å². The maximum atomic E-state index is 12.9. The van der Waals surface area contributed by atoms with Crippen LogP contribution in [0.25, 0.3) is 0 Å². The summed E-state index contributed by atoms with van der Waals surface area (Å²) in [6.45, 7) is 1.76. The second-order valence-corrected chi connectivity index (χ2v) is 4.43. The number of nitrogens with one attached hydrogen (secondary N) is 2. The van der Waals surface area contributed by atoms with Gasteiger partial charge in [0, 0.05) is 6.42 Å². The Morgan fingerprint density at radius 1 is 1.33 bits per heavy atom. The Hall–Kier alpha value is -2.17. The van der Waals surface area contributed by atoms with E-state index in [1.165, 1.54) is 12.1 Å². The zero-order chi connectivity index (χ0) is 12.7. The molecule has 0 radical (unpaired) electrons. The van der Waals surface area contributed by atoms with E-state index in [9.17, 15) is 9.18 Å². The van der Waals surface area contributed by atoms with Gasteiger partial charge in [0.2, 0.25) is 0 Å². The minimum absolute atomic E-state index is 0.0176. The van der Waals surface area contributed by atoms with Crippen LogP contribution in [0, 0.1) is 12.7 Å². The Balaban J connectivity index is 1.95. The standard InChI is InChI=1S/C13H12FN3O/c1-7-15-11-6-10(17-12(11)13(18)16-7)8-2-4-9(14)5-3-8/h2-5,10,17H,6H2,1H3,(H,15,16,18). The third kappa shape index (κ3) is 1.77. The number of halogens is 1. The first-order valence-corrected chi connectivity index (χ1v) is 5.75. The molecule has 92 valence electrons. The molecule has 0 fully saturated rings. The van der Waals surface area contributed by atoms with Crippen molar-refractivity contribution in [3.8, 4) is 0 Å². The van der Waals surface area contributed by atoms with E-state index in [0.717, 1.165) is 11.3 Å². The summed E-state index contributed by atoms with van der Waals surface area (Å²) in [7, 11) is 0. The molecule has 1 aromatic heterocycles. The minimum atomic E-state index is -0.263. The van der Waals surface area contributed by atoms with Gasteiger partial charge in [-0.2, -0.15) is 0 Å². The molecule has 2 N–H and O–H groups in total. The Bertz CT molecular complexity index is 648. The molecule has 4 nitrogen and oxygen atoms in total. The first-order valence-electron chi connectivity index (χ1n) is 5.75. The van der Waals surface area contributed by atoms with E-state index in [-0.39, 0.29) is 17.4 Å². The molecule has 2 aromatic rings. The number of rotatable bonds is 1. The van der Waals surface area contributed by atoms with Crippen molar-refractivity contribution in [3.05, 3.63) is 57.5 Å². The highest BCUT2D eigenvalue weighted by molar-refractivity contribution is 5.53. The summed E-state index contributed by atoms with van der Waals surface area (Å²) in [4.78, 5) is 18.7. The smallest absolute Gasteiger partial charge is 0.274 e. The van der Waals surface area contributed by atoms with Crippen LogP contribution in [0.5, 0.6) is 0 Å². The number of H-pyrrole nitrogens is 1. The van der Waals surface area contributed by atoms with Gasteiger partial charge in [0.05, 0.1) is 11.7 Å². The summed E-state index contributed by atoms with van der Waals surface area (Å²) < 4.78 is 12.9. The van der Waals surface area contributed by atoms with Gasteiger partial charge >= 0.3 is 0 Å². The van der Waals surface area contributed by atoms with Crippen LogP contribution in [0.1, 0.15) is 23.1 Å². The predicted octanol–water partition coefficient (Wildman–Crippen LogP) is 1.93. The lowest BCUT2D eigenvalue weighted by Gasteiger charge is -2.10. The van der Waals surface area contributed by atoms with Gasteiger partial charge in [-0.3, -0.25) is 4.79 Å². The lowest BCUT2D eigenvalue weighted by atomic mass is 10.1. The molecular formula is C13H12FN3O. The van der Waals surface area contributed by atoms with Crippen molar-refractivity contribution in [3.63, 3.8) is 0 Å². The van der Waals surface area contributed by atoms with Crippen molar-refractivity contribution in [1.29, 1.82) is 0 Å². The molecule has 0 spiro atoms. The van der Waals surface area contributed by atoms with Crippen molar-refractivity contribution in [1.82, 2.24) is 9.97 Å². The maximum absolute atomic E-state index is 12.9. The van der Waals surface area contributed by atoms with Crippen LogP contribution < -0.4 is 10.9 Å². The minimum Gasteiger partial charge on any atom is -0.372 e. The number of hydrogen-bond donors (Lipinski definition) is 2. The number of anilines is 1. The van der Waals surface area contributed by atoms with Crippen LogP contribution >= 0.6 is 0 Å². The number of hydrogen-bond acceptors (Lipinski definition) is 3. The molecule has 5 heteroatoms. The molecule has 1 atom stereocenters. The van der Waals surface area contributed by atoms with Gasteiger partial charge in [-0.05, 0) is 24.6 Å². The summed E-state index contributed by atoms with van der Waals surface area (Å²) in [5, 5.41) is 3.14. The van der Waals surface area contributed by atoms with Gasteiger partial charge in [0.15, 0.2) is 0 Å². The summed E-state index contributed by atoms with van der Waals surface area (Å²) in [6.07, 6.45) is 0.645. The molecule has 0 aliphatic carbocycles. The Labute approximate surface area is 103 Å². The van der Waals surface area contributed by atoms with Gasteiger partial charge in [-0.1, -0.05) is 12.1 Å². The zero-order valence-corrected chi connectivity index (χ0v) is 9.83. The molecular weight excluding hydrogens is 233 g/mol. The molecule has 0 amide bonds. The average Bonchev–Trinajstić information content (AvgIpc) is 2.74. The van der Waals surface area contributed by atoms with Crippen LogP contribution in [-0.2, 0) is 6.42 Å². The molecule has 2 heterocycles. The van der Waals surface area contributed by atoms with Gasteiger partial charge in [0.25, 0.3) is 5.56 Å². The quantitative estimate of drug-likeness (QED) is 0.807. The van der Waals surface area contributed by atoms with Gasteiger partial charge in [-0.15, -0.1) is 0 Å². The van der Waals surface area contributed by atoms with Crippen LogP contribution in [-0.4, -0.2) is 9.97 Å². The first-order chi connectivity index (χ1) is 8.63. The number of benzene rings is 1. The van der Waals surface area contributed by atoms with Gasteiger partial charge in [0.1, 0.15) is 17.3 Å². The molecule has 0 bridgehead atoms. The lowest BCUT2D eigenvalue weighted by Crippen LogP contribution is -2.14. The van der Waals surface area contributed by atoms with Crippen LogP contribution in [0.15, 0.2) is 29.1 Å². The highest BCUT2D eigenvalue weighted by atomic mass is 19.1. The zero-order valence-electron chi connectivity index (χ0n) is 9.83. The highest BCUT2D eigenvalue weighted by Crippen LogP contribution is 2.30. The topological polar surface area (TPSA) is 57.8 Å². The number of aryl methyl sites for hydroxylation is 1. The van der Waals surface area contributed by atoms with Gasteiger partial charge < -0.3 is 10.3 Å². The van der Waals surface area contributed by atoms with E-state index < -0.39 is 0 Å². The highest BCUT2D eigenvalue weighted by Gasteiger charge is 2.25. The number of fused-ring (bicyclic) bond motifs is 1. The summed E-state index contributed by atoms with van der Waals surface area (Å²) in [5.41, 5.74) is 2.09. The lowest BCUT2D eigenvalue weighted by molar-refractivity contribution is 0.626. The summed E-state index contributed by atoms with van der Waals surface area (Å²) in [6, 6.07) is 6.27. The van der Waals surface area contributed by atoms with E-state index in [4.69, 9.17) is 0 Å². The van der Waals surface area contributed by atoms with Crippen LogP contribution in [0.2, 0.25) is 0 Å². The first kappa shape index (κ1) is 11.0. The van der Waals surface area contributed by atoms with E-state index in [1.807, 2.05) is 0 Å². The monoisotopic (exact) mass is 245 g/mol. The largest absolute Gasteiger partial charge is 0.372 e. The molecule has 0 saturated carbocycles. The number of aromatic amines is 1. The van der Waals surface area contributed by atoms with Gasteiger partial charge in [-0.25, -0.2) is 9.37 Å². The van der Waals surface area contributed by atoms with E-state index in [0.29, 0.717) is 17.9 Å². The van der Waals surface area contributed by atoms with Crippen LogP contribution in [0.3, 0.4) is 0 Å². The van der Waals surface area contributed by atoms with E-state index in [1.54, 1.807) is 19.1 Å². The van der Waals surface area contributed by atoms with Crippen molar-refractivity contribution >= 4 is 5.69 Å². The fourth-order valence-corrected chi connectivity index (χ4v) is 2.26. The molecule has 3 rings (SSSR count). The molecule has 18 heavy (non-hydrogen) atoms. The van der Waals surface area contributed by atoms with Crippen molar-refractivity contribution < 1.29 is 4.39 Å². The maximum Gasteiger partial charge on any atom is 0.274 e. The molecule has 1 aliphatic heterocycles. The second-order valence-electron chi connectivity index (χ2n) is 4.43. The van der Waals surface area contributed by atoms with Crippen molar-refractivity contribution in [2.24, 2.45) is 0 Å². The fraction of sp³-hybridized carbons (Fsp3) is 0.231. The average molecular weight is 245 g/mol. The fourth-order valence-electron chi connectivity index (χ4n) is 2.26. The molecule has 1 aromatic carbocycles. The molecule has 1 aliphatic rings. The van der Waals surface area contributed by atoms with Crippen molar-refractivity contribution in [2.45, 2.75) is 19.4 Å². The normalized spacial score (nSPS) is 17.3. The van der Waals surface area contributed by atoms with E-state index >= 15 is 0 Å². The Morgan fingerprint density at radius 2 is 2.06 bits per heavy atom. The Morgan fingerprint density at radius 3 is 2.78 bits per heavy atom. The third-order valence-corrected chi connectivity index (χ3v) is 3.10. The predicted molar refractivity (Wildman–Crippen MR) is 66.1 cm³/mol. The second kappa shape index (κ2) is 3.94. The third-order valence-electron chi connectivity index (χ3n) is 3.10. The van der Waals surface area contributed by atoms with E-state index in [2.05, 4.69) is 15.3 Å². The number of nitrogens with zero attached hydrogens (tertiary/aromatic N) is 1. The Kier molecular flexibility index (Phi) is 2.40. The summed E-state index contributed by atoms with van der Waals surface area (Å²) >= 11 is 0. The van der Waals surface area contributed by atoms with Crippen molar-refractivity contribution in [2.75, 3.05) is 5.32 Å². The SMILES string of the molecule is Cc1nc2c(c(=O)[nH]1)NC(c1ccc(F)cc1)C2. The molecule has 1 unspecified atom stereocenters.